The molecule has 1 saturated heterocycles. The number of carboxylic acids is 2. The second kappa shape index (κ2) is 9.71. The molecule has 0 aromatic carbocycles. The molecule has 1 fully saturated rings. The molecule has 0 spiro atoms. The number of carbonyl (C=O) groups is 4. The third-order valence-corrected chi connectivity index (χ3v) is 6.95. The van der Waals surface area contributed by atoms with Gasteiger partial charge in [0.2, 0.25) is 18.1 Å². The molecule has 2 amide bonds. The summed E-state index contributed by atoms with van der Waals surface area (Å²) < 4.78 is 7.46. The first-order chi connectivity index (χ1) is 16.7. The highest BCUT2D eigenvalue weighted by Crippen LogP contribution is 2.40. The lowest BCUT2D eigenvalue weighted by Gasteiger charge is -2.49. The average Bonchev–Trinajstić information content (AvgIpc) is 3.42. The average molecular weight is 524 g/mol. The van der Waals surface area contributed by atoms with E-state index < -0.39 is 47.5 Å². The molecular weight excluding hydrogens is 504 g/mol. The van der Waals surface area contributed by atoms with Crippen LogP contribution in [-0.4, -0.2) is 82.4 Å². The number of carboxylic acid groups (broad SMARTS) is 2. The van der Waals surface area contributed by atoms with Crippen molar-refractivity contribution < 1.29 is 38.9 Å². The van der Waals surface area contributed by atoms with E-state index in [2.05, 4.69) is 24.7 Å². The minimum Gasteiger partial charge on any atom is -0.479 e. The number of thioether (sulfide) groups is 1. The van der Waals surface area contributed by atoms with Crippen molar-refractivity contribution in [2.75, 3.05) is 18.1 Å². The molecule has 2 aromatic heterocycles. The Morgan fingerprint density at radius 2 is 2.17 bits per heavy atom. The summed E-state index contributed by atoms with van der Waals surface area (Å²) in [4.78, 5) is 58.2. The molecule has 0 radical (unpaired) electrons. The van der Waals surface area contributed by atoms with Crippen molar-refractivity contribution >= 4 is 57.9 Å². The monoisotopic (exact) mass is 523 g/mol. The lowest BCUT2D eigenvalue weighted by molar-refractivity contribution is -0.752. The number of nitrogens with zero attached hydrogens (tertiary/aromatic N) is 6. The number of nitrogens with one attached hydrogen (secondary N) is 1. The predicted molar refractivity (Wildman–Crippen MR) is 120 cm³/mol. The number of rotatable bonds is 9. The molecule has 2 atom stereocenters. The summed E-state index contributed by atoms with van der Waals surface area (Å²) in [6.07, 6.45) is 3.60. The summed E-state index contributed by atoms with van der Waals surface area (Å²) in [5.41, 5.74) is 5.51. The number of aromatic nitrogens is 4. The Kier molecular flexibility index (Phi) is 6.70. The van der Waals surface area contributed by atoms with Gasteiger partial charge in [0, 0.05) is 23.4 Å². The fourth-order valence-corrected chi connectivity index (χ4v) is 5.26. The Balaban J connectivity index is 1.53. The van der Waals surface area contributed by atoms with Crippen molar-refractivity contribution in [2.45, 2.75) is 18.0 Å². The summed E-state index contributed by atoms with van der Waals surface area (Å²) in [5.74, 6) is -3.96. The van der Waals surface area contributed by atoms with E-state index in [0.29, 0.717) is 11.3 Å². The summed E-state index contributed by atoms with van der Waals surface area (Å²) >= 11 is 2.09. The first-order valence-electron chi connectivity index (χ1n) is 9.90. The molecule has 2 aromatic rings. The fraction of sp³-hybridized carbons (Fsp3) is 0.333. The minimum atomic E-state index is -1.32. The molecule has 0 bridgehead atoms. The van der Waals surface area contributed by atoms with Crippen LogP contribution in [0.2, 0.25) is 0 Å². The molecule has 17 heteroatoms. The fourth-order valence-electron chi connectivity index (χ4n) is 3.49. The van der Waals surface area contributed by atoms with Gasteiger partial charge < -0.3 is 26.1 Å². The second-order valence-corrected chi connectivity index (χ2v) is 9.23. The first kappa shape index (κ1) is 24.1. The zero-order valence-corrected chi connectivity index (χ0v) is 19.7. The van der Waals surface area contributed by atoms with E-state index in [1.54, 1.807) is 15.6 Å². The number of hydrogen-bond acceptors (Lipinski definition) is 11. The van der Waals surface area contributed by atoms with Crippen LogP contribution in [0.5, 0.6) is 0 Å². The maximum absolute atomic E-state index is 12.9. The van der Waals surface area contributed by atoms with Crippen LogP contribution >= 0.6 is 23.3 Å². The van der Waals surface area contributed by atoms with Crippen LogP contribution in [0.3, 0.4) is 0 Å². The Morgan fingerprint density at radius 3 is 2.77 bits per heavy atom. The highest BCUT2D eigenvalue weighted by atomic mass is 32.2. The van der Waals surface area contributed by atoms with Gasteiger partial charge in [0.25, 0.3) is 11.8 Å². The number of aliphatic carboxylic acids is 2. The molecule has 15 nitrogen and oxygen atoms in total. The molecular formula is C18H19N8O7S2+. The van der Waals surface area contributed by atoms with Crippen molar-refractivity contribution in [2.24, 2.45) is 12.2 Å². The largest absolute Gasteiger partial charge is 0.479 e. The zero-order valence-electron chi connectivity index (χ0n) is 18.0. The van der Waals surface area contributed by atoms with Gasteiger partial charge in [0.1, 0.15) is 23.7 Å². The van der Waals surface area contributed by atoms with Crippen LogP contribution in [-0.2, 0) is 37.6 Å². The Morgan fingerprint density at radius 1 is 1.40 bits per heavy atom. The summed E-state index contributed by atoms with van der Waals surface area (Å²) in [6.45, 7) is -0.542. The van der Waals surface area contributed by atoms with Gasteiger partial charge in [0.05, 0.1) is 6.20 Å². The number of β-lactam (4-membered cyclic amide) rings is 1. The Labute approximate surface area is 205 Å². The third-order valence-electron chi connectivity index (χ3n) is 5.07. The van der Waals surface area contributed by atoms with Crippen LogP contribution < -0.4 is 15.7 Å². The Bertz CT molecular complexity index is 1270. The highest BCUT2D eigenvalue weighted by molar-refractivity contribution is 8.00. The van der Waals surface area contributed by atoms with E-state index in [4.69, 9.17) is 10.8 Å². The number of anilines is 1. The van der Waals surface area contributed by atoms with Crippen LogP contribution in [0.15, 0.2) is 34.9 Å². The van der Waals surface area contributed by atoms with Crippen LogP contribution in [0.1, 0.15) is 5.82 Å². The molecule has 4 heterocycles. The number of nitrogen functional groups attached to an aromatic ring is 1. The van der Waals surface area contributed by atoms with Gasteiger partial charge in [0.15, 0.2) is 18.4 Å². The van der Waals surface area contributed by atoms with E-state index in [0.717, 1.165) is 16.4 Å². The number of carbonyl (C=O) groups excluding carboxylic acids is 2. The normalized spacial score (nSPS) is 19.7. The molecule has 1 unspecified atom stereocenters. The van der Waals surface area contributed by atoms with Gasteiger partial charge in [-0.15, -0.1) is 16.4 Å². The predicted octanol–water partition coefficient (Wildman–Crippen LogP) is -2.01. The molecule has 35 heavy (non-hydrogen) atoms. The topological polar surface area (TPSA) is 206 Å². The van der Waals surface area contributed by atoms with Crippen molar-refractivity contribution in [1.82, 2.24) is 24.3 Å². The van der Waals surface area contributed by atoms with Crippen molar-refractivity contribution in [1.29, 1.82) is 0 Å². The third kappa shape index (κ3) is 4.80. The van der Waals surface area contributed by atoms with E-state index in [9.17, 15) is 24.3 Å². The van der Waals surface area contributed by atoms with Crippen LogP contribution in [0, 0.1) is 0 Å². The number of oxime groups is 1. The van der Waals surface area contributed by atoms with Gasteiger partial charge in [-0.2, -0.15) is 14.0 Å². The van der Waals surface area contributed by atoms with E-state index in [1.807, 2.05) is 19.3 Å². The van der Waals surface area contributed by atoms with Crippen molar-refractivity contribution in [3.05, 3.63) is 35.6 Å². The molecule has 0 aliphatic carbocycles. The van der Waals surface area contributed by atoms with Crippen LogP contribution in [0.25, 0.3) is 0 Å². The Hall–Kier alpha value is -3.99. The number of nitrogens with two attached hydrogens (primary N) is 1. The van der Waals surface area contributed by atoms with E-state index in [1.165, 1.54) is 11.8 Å². The van der Waals surface area contributed by atoms with Crippen molar-refractivity contribution in [3.8, 4) is 0 Å². The number of aryl methyl sites for hydroxylation is 1. The summed E-state index contributed by atoms with van der Waals surface area (Å²) in [5, 5.41) is 23.9. The van der Waals surface area contributed by atoms with Gasteiger partial charge in [-0.25, -0.2) is 9.59 Å². The molecule has 5 N–H and O–H groups in total. The second-order valence-electron chi connectivity index (χ2n) is 7.34. The highest BCUT2D eigenvalue weighted by Gasteiger charge is 2.54. The van der Waals surface area contributed by atoms with E-state index in [-0.39, 0.29) is 23.2 Å². The first-order valence-corrected chi connectivity index (χ1v) is 11.7. The quantitative estimate of drug-likeness (QED) is 0.122. The number of fused-ring (bicyclic) bond motifs is 1. The lowest BCUT2D eigenvalue weighted by atomic mass is 10.0. The lowest BCUT2D eigenvalue weighted by Crippen LogP contribution is -2.71. The smallest absolute Gasteiger partial charge is 0.352 e. The maximum Gasteiger partial charge on any atom is 0.352 e. The van der Waals surface area contributed by atoms with Gasteiger partial charge in [-0.1, -0.05) is 5.16 Å². The zero-order chi connectivity index (χ0) is 25.3. The molecule has 4 rings (SSSR count). The van der Waals surface area contributed by atoms with Crippen LogP contribution in [0.4, 0.5) is 5.13 Å². The molecule has 0 saturated carbocycles. The maximum atomic E-state index is 12.9. The van der Waals surface area contributed by atoms with Crippen molar-refractivity contribution in [3.63, 3.8) is 0 Å². The SMILES string of the molecule is C[n+]1cccn1CC1=C(C(=O)O)N2C(=O)C(NC(=O)C(=NOCC(=O)O)c3nsc(N)n3)[C@H]2SC1. The number of hydrogen-bond donors (Lipinski definition) is 4. The van der Waals surface area contributed by atoms with E-state index >= 15 is 0 Å². The van der Waals surface area contributed by atoms with Gasteiger partial charge >= 0.3 is 11.9 Å². The molecule has 184 valence electrons. The van der Waals surface area contributed by atoms with Gasteiger partial charge in [-0.3, -0.25) is 14.5 Å². The summed E-state index contributed by atoms with van der Waals surface area (Å²) in [6, 6.07) is 0.760. The molecule has 2 aliphatic rings. The number of amides is 2. The molecule has 2 aliphatic heterocycles. The van der Waals surface area contributed by atoms with Gasteiger partial charge in [-0.05, 0) is 5.57 Å². The summed E-state index contributed by atoms with van der Waals surface area (Å²) in [7, 11) is 1.81. The minimum absolute atomic E-state index is 0.0346. The standard InChI is InChI=1S/C18H18N8O7S2/c1-24-3-2-4-25(24)5-8-7-34-16-11(15(30)26(16)12(8)17(31)32)20-14(29)10(22-33-6-9(27)28)13-21-18(19)35-23-13/h2-4,11,16H,5-7H2,1H3,(H4-,19,20,21,23,27,28,29,31,32)/p+1/t11?,16-/m1/s1.